The highest BCUT2D eigenvalue weighted by Gasteiger charge is 2.16. The molecule has 0 spiro atoms. The molecule has 0 bridgehead atoms. The average molecular weight is 195 g/mol. The van der Waals surface area contributed by atoms with Crippen LogP contribution in [-0.2, 0) is 0 Å². The van der Waals surface area contributed by atoms with Crippen molar-refractivity contribution in [2.75, 3.05) is 6.54 Å². The Bertz CT molecular complexity index is 348. The first-order valence-electron chi connectivity index (χ1n) is 4.66. The Morgan fingerprint density at radius 1 is 1.29 bits per heavy atom. The molecule has 1 atom stereocenters. The normalized spacial score (nSPS) is 12.9. The van der Waals surface area contributed by atoms with Gasteiger partial charge in [-0.05, 0) is 37.5 Å². The van der Waals surface area contributed by atoms with Gasteiger partial charge in [-0.1, -0.05) is 6.07 Å². The lowest BCUT2D eigenvalue weighted by Gasteiger charge is -2.16. The van der Waals surface area contributed by atoms with Gasteiger partial charge in [0, 0.05) is 12.1 Å². The van der Waals surface area contributed by atoms with Crippen LogP contribution in [0.5, 0.6) is 5.75 Å². The summed E-state index contributed by atoms with van der Waals surface area (Å²) in [6.07, 6.45) is -0.783. The van der Waals surface area contributed by atoms with Crippen LogP contribution in [0.1, 0.15) is 28.4 Å². The lowest BCUT2D eigenvalue weighted by atomic mass is 9.95. The number of hydrogen-bond donors (Lipinski definition) is 3. The summed E-state index contributed by atoms with van der Waals surface area (Å²) in [5.74, 6) is 0.167. The lowest BCUT2D eigenvalue weighted by molar-refractivity contribution is 0.181. The number of rotatable bonds is 2. The second-order valence-electron chi connectivity index (χ2n) is 3.65. The zero-order chi connectivity index (χ0) is 10.9. The van der Waals surface area contributed by atoms with Crippen molar-refractivity contribution >= 4 is 0 Å². The van der Waals surface area contributed by atoms with Gasteiger partial charge in [0.25, 0.3) is 0 Å². The van der Waals surface area contributed by atoms with Gasteiger partial charge in [0.2, 0.25) is 0 Å². The van der Waals surface area contributed by atoms with Crippen LogP contribution in [0.15, 0.2) is 6.07 Å². The smallest absolute Gasteiger partial charge is 0.124 e. The fourth-order valence-electron chi connectivity index (χ4n) is 1.62. The van der Waals surface area contributed by atoms with Crippen molar-refractivity contribution in [3.8, 4) is 5.75 Å². The van der Waals surface area contributed by atoms with Crippen molar-refractivity contribution in [1.82, 2.24) is 0 Å². The highest BCUT2D eigenvalue weighted by Crippen LogP contribution is 2.32. The van der Waals surface area contributed by atoms with Gasteiger partial charge in [0.1, 0.15) is 5.75 Å². The van der Waals surface area contributed by atoms with Crippen molar-refractivity contribution in [3.05, 3.63) is 28.3 Å². The largest absolute Gasteiger partial charge is 0.507 e. The molecule has 0 aliphatic rings. The molecule has 14 heavy (non-hydrogen) atoms. The molecule has 1 aromatic rings. The van der Waals surface area contributed by atoms with Gasteiger partial charge < -0.3 is 15.9 Å². The Balaban J connectivity index is 3.36. The average Bonchev–Trinajstić information content (AvgIpc) is 2.14. The maximum Gasteiger partial charge on any atom is 0.124 e. The highest BCUT2D eigenvalue weighted by atomic mass is 16.3. The van der Waals surface area contributed by atoms with Gasteiger partial charge in [-0.3, -0.25) is 0 Å². The summed E-state index contributed by atoms with van der Waals surface area (Å²) in [4.78, 5) is 0. The van der Waals surface area contributed by atoms with Crippen LogP contribution in [-0.4, -0.2) is 16.8 Å². The van der Waals surface area contributed by atoms with Crippen molar-refractivity contribution in [2.45, 2.75) is 26.9 Å². The number of aryl methyl sites for hydroxylation is 2. The van der Waals surface area contributed by atoms with Crippen LogP contribution in [0.3, 0.4) is 0 Å². The van der Waals surface area contributed by atoms with Crippen molar-refractivity contribution in [3.63, 3.8) is 0 Å². The summed E-state index contributed by atoms with van der Waals surface area (Å²) in [5, 5.41) is 19.5. The molecule has 0 saturated heterocycles. The predicted octanol–water partition coefficient (Wildman–Crippen LogP) is 1.31. The van der Waals surface area contributed by atoms with Gasteiger partial charge in [-0.2, -0.15) is 0 Å². The standard InChI is InChI=1S/C11H17NO2/c1-6-4-7(2)10(9(13)5-12)11(14)8(6)3/h4,9,13-14H,5,12H2,1-3H3. The Labute approximate surface area is 84.2 Å². The molecule has 3 heteroatoms. The van der Waals surface area contributed by atoms with Crippen LogP contribution in [0.2, 0.25) is 0 Å². The van der Waals surface area contributed by atoms with Crippen LogP contribution in [0, 0.1) is 20.8 Å². The molecule has 0 heterocycles. The molecule has 0 saturated carbocycles. The van der Waals surface area contributed by atoms with Gasteiger partial charge in [-0.25, -0.2) is 0 Å². The molecule has 3 nitrogen and oxygen atoms in total. The number of aliphatic hydroxyl groups excluding tert-OH is 1. The van der Waals surface area contributed by atoms with Crippen molar-refractivity contribution in [2.24, 2.45) is 5.73 Å². The molecule has 0 aliphatic heterocycles. The lowest BCUT2D eigenvalue weighted by Crippen LogP contribution is -2.13. The minimum absolute atomic E-state index is 0.122. The van der Waals surface area contributed by atoms with E-state index in [4.69, 9.17) is 5.73 Å². The molecule has 0 aromatic heterocycles. The van der Waals surface area contributed by atoms with Crippen LogP contribution >= 0.6 is 0 Å². The first-order chi connectivity index (χ1) is 6.49. The summed E-state index contributed by atoms with van der Waals surface area (Å²) >= 11 is 0. The first kappa shape index (κ1) is 11.0. The Morgan fingerprint density at radius 3 is 2.36 bits per heavy atom. The van der Waals surface area contributed by atoms with Crippen molar-refractivity contribution in [1.29, 1.82) is 0 Å². The molecule has 4 N–H and O–H groups in total. The molecule has 0 radical (unpaired) electrons. The predicted molar refractivity (Wildman–Crippen MR) is 56.3 cm³/mol. The van der Waals surface area contributed by atoms with Crippen molar-refractivity contribution < 1.29 is 10.2 Å². The Kier molecular flexibility index (Phi) is 3.13. The molecule has 78 valence electrons. The minimum Gasteiger partial charge on any atom is -0.507 e. The number of phenols is 1. The van der Waals surface area contributed by atoms with E-state index in [0.29, 0.717) is 5.56 Å². The second kappa shape index (κ2) is 3.98. The van der Waals surface area contributed by atoms with E-state index >= 15 is 0 Å². The SMILES string of the molecule is Cc1cc(C)c(C(O)CN)c(O)c1C. The van der Waals surface area contributed by atoms with Crippen LogP contribution in [0.4, 0.5) is 0 Å². The first-order valence-corrected chi connectivity index (χ1v) is 4.66. The zero-order valence-corrected chi connectivity index (χ0v) is 8.83. The van der Waals surface area contributed by atoms with E-state index < -0.39 is 6.10 Å². The Morgan fingerprint density at radius 2 is 1.86 bits per heavy atom. The topological polar surface area (TPSA) is 66.5 Å². The molecule has 0 amide bonds. The molecule has 0 fully saturated rings. The number of hydrogen-bond acceptors (Lipinski definition) is 3. The molecule has 1 rings (SSSR count). The van der Waals surface area contributed by atoms with E-state index in [-0.39, 0.29) is 12.3 Å². The number of phenolic OH excluding ortho intramolecular Hbond substituents is 1. The molecule has 1 unspecified atom stereocenters. The van der Waals surface area contributed by atoms with E-state index in [0.717, 1.165) is 16.7 Å². The third-order valence-corrected chi connectivity index (χ3v) is 2.62. The summed E-state index contributed by atoms with van der Waals surface area (Å²) in [6, 6.07) is 1.95. The van der Waals surface area contributed by atoms with Crippen LogP contribution < -0.4 is 5.73 Å². The number of nitrogens with two attached hydrogens (primary N) is 1. The molecule has 1 aromatic carbocycles. The van der Waals surface area contributed by atoms with Gasteiger partial charge >= 0.3 is 0 Å². The van der Waals surface area contributed by atoms with E-state index in [9.17, 15) is 10.2 Å². The summed E-state index contributed by atoms with van der Waals surface area (Å²) in [6.45, 7) is 5.74. The second-order valence-corrected chi connectivity index (χ2v) is 3.65. The maximum atomic E-state index is 9.85. The quantitative estimate of drug-likeness (QED) is 0.666. The summed E-state index contributed by atoms with van der Waals surface area (Å²) < 4.78 is 0. The highest BCUT2D eigenvalue weighted by molar-refractivity contribution is 5.49. The summed E-state index contributed by atoms with van der Waals surface area (Å²) in [5.41, 5.74) is 8.62. The van der Waals surface area contributed by atoms with E-state index in [1.54, 1.807) is 0 Å². The number of aliphatic hydroxyl groups is 1. The minimum atomic E-state index is -0.783. The molecular weight excluding hydrogens is 178 g/mol. The fourth-order valence-corrected chi connectivity index (χ4v) is 1.62. The Hall–Kier alpha value is -1.06. The molecule has 0 aliphatic carbocycles. The molecular formula is C11H17NO2. The maximum absolute atomic E-state index is 9.85. The number of benzene rings is 1. The van der Waals surface area contributed by atoms with Gasteiger partial charge in [0.05, 0.1) is 6.10 Å². The fraction of sp³-hybridized carbons (Fsp3) is 0.455. The third kappa shape index (κ3) is 1.74. The van der Waals surface area contributed by atoms with Gasteiger partial charge in [0.15, 0.2) is 0 Å². The van der Waals surface area contributed by atoms with Gasteiger partial charge in [-0.15, -0.1) is 0 Å². The van der Waals surface area contributed by atoms with E-state index in [2.05, 4.69) is 0 Å². The van der Waals surface area contributed by atoms with E-state index in [1.807, 2.05) is 26.8 Å². The third-order valence-electron chi connectivity index (χ3n) is 2.62. The van der Waals surface area contributed by atoms with E-state index in [1.165, 1.54) is 0 Å². The van der Waals surface area contributed by atoms with Crippen LogP contribution in [0.25, 0.3) is 0 Å². The monoisotopic (exact) mass is 195 g/mol. The number of aromatic hydroxyl groups is 1. The zero-order valence-electron chi connectivity index (χ0n) is 8.83. The summed E-state index contributed by atoms with van der Waals surface area (Å²) in [7, 11) is 0.